The summed E-state index contributed by atoms with van der Waals surface area (Å²) in [6.45, 7) is 0.988. The fourth-order valence-electron chi connectivity index (χ4n) is 3.59. The molecule has 2 amide bonds. The summed E-state index contributed by atoms with van der Waals surface area (Å²) in [6, 6.07) is 12.2. The van der Waals surface area contributed by atoms with Gasteiger partial charge in [0.05, 0.1) is 35.4 Å². The number of para-hydroxylation sites is 1. The molecule has 2 aliphatic rings. The average molecular weight is 519 g/mol. The number of rotatable bonds is 8. The van der Waals surface area contributed by atoms with Crippen molar-refractivity contribution in [2.75, 3.05) is 32.2 Å². The van der Waals surface area contributed by atoms with Crippen molar-refractivity contribution in [3.8, 4) is 11.5 Å². The van der Waals surface area contributed by atoms with Crippen LogP contribution in [0.2, 0.25) is 5.02 Å². The molecular formula is C24H23ClN2O5S2. The van der Waals surface area contributed by atoms with Gasteiger partial charge in [0.1, 0.15) is 4.32 Å². The van der Waals surface area contributed by atoms with Gasteiger partial charge in [-0.2, -0.15) is 0 Å². The zero-order valence-corrected chi connectivity index (χ0v) is 20.8. The monoisotopic (exact) mass is 518 g/mol. The Morgan fingerprint density at radius 1 is 1.32 bits per heavy atom. The maximum atomic E-state index is 12.9. The molecule has 0 aromatic heterocycles. The Bertz CT molecular complexity index is 1130. The molecule has 0 spiro atoms. The first-order valence-electron chi connectivity index (χ1n) is 10.7. The number of halogens is 1. The lowest BCUT2D eigenvalue weighted by molar-refractivity contribution is -0.123. The van der Waals surface area contributed by atoms with Crippen LogP contribution in [-0.4, -0.2) is 54.0 Å². The van der Waals surface area contributed by atoms with Crippen molar-refractivity contribution in [3.63, 3.8) is 0 Å². The van der Waals surface area contributed by atoms with Gasteiger partial charge in [0.25, 0.3) is 11.8 Å². The smallest absolute Gasteiger partial charge is 0.266 e. The summed E-state index contributed by atoms with van der Waals surface area (Å²) in [6.07, 6.45) is 3.75. The predicted octanol–water partition coefficient (Wildman–Crippen LogP) is 4.75. The SMILES string of the molecule is COc1cc(/C=C2\SC(=S)N(C[C@H]3CCCO3)C2=O)ccc1OCC(=O)Nc1ccccc1Cl. The van der Waals surface area contributed by atoms with E-state index in [-0.39, 0.29) is 24.5 Å². The van der Waals surface area contributed by atoms with Crippen molar-refractivity contribution in [2.45, 2.75) is 18.9 Å². The highest BCUT2D eigenvalue weighted by Crippen LogP contribution is 2.35. The fourth-order valence-corrected chi connectivity index (χ4v) is 5.04. The molecule has 1 N–H and O–H groups in total. The van der Waals surface area contributed by atoms with Crippen molar-refractivity contribution in [1.82, 2.24) is 4.90 Å². The van der Waals surface area contributed by atoms with Crippen molar-refractivity contribution in [2.24, 2.45) is 0 Å². The zero-order chi connectivity index (χ0) is 24.1. The summed E-state index contributed by atoms with van der Waals surface area (Å²) >= 11 is 12.7. The molecule has 0 saturated carbocycles. The van der Waals surface area contributed by atoms with E-state index in [4.69, 9.17) is 38.0 Å². The summed E-state index contributed by atoms with van der Waals surface area (Å²) in [5.41, 5.74) is 1.26. The number of carbonyl (C=O) groups excluding carboxylic acids is 2. The lowest BCUT2D eigenvalue weighted by atomic mass is 10.1. The van der Waals surface area contributed by atoms with E-state index in [9.17, 15) is 9.59 Å². The van der Waals surface area contributed by atoms with Gasteiger partial charge in [-0.25, -0.2) is 0 Å². The van der Waals surface area contributed by atoms with Gasteiger partial charge in [-0.3, -0.25) is 14.5 Å². The van der Waals surface area contributed by atoms with E-state index in [0.717, 1.165) is 25.0 Å². The van der Waals surface area contributed by atoms with E-state index in [2.05, 4.69) is 5.32 Å². The number of carbonyl (C=O) groups is 2. The summed E-state index contributed by atoms with van der Waals surface area (Å²) in [7, 11) is 1.51. The third kappa shape index (κ3) is 5.90. The number of anilines is 1. The molecule has 0 bridgehead atoms. The first kappa shape index (κ1) is 24.5. The molecular weight excluding hydrogens is 496 g/mol. The second-order valence-corrected chi connectivity index (χ2v) is 9.74. The van der Waals surface area contributed by atoms with Crippen LogP contribution in [0.15, 0.2) is 47.4 Å². The van der Waals surface area contributed by atoms with Gasteiger partial charge in [0.15, 0.2) is 18.1 Å². The van der Waals surface area contributed by atoms with E-state index in [1.165, 1.54) is 18.9 Å². The van der Waals surface area contributed by atoms with Crippen molar-refractivity contribution in [1.29, 1.82) is 0 Å². The van der Waals surface area contributed by atoms with E-state index in [1.54, 1.807) is 53.4 Å². The van der Waals surface area contributed by atoms with Crippen LogP contribution >= 0.6 is 35.6 Å². The van der Waals surface area contributed by atoms with Crippen LogP contribution in [0.3, 0.4) is 0 Å². The minimum Gasteiger partial charge on any atom is -0.493 e. The molecule has 2 saturated heterocycles. The molecule has 2 fully saturated rings. The van der Waals surface area contributed by atoms with Gasteiger partial charge >= 0.3 is 0 Å². The minimum atomic E-state index is -0.353. The summed E-state index contributed by atoms with van der Waals surface area (Å²) in [5, 5.41) is 3.15. The van der Waals surface area contributed by atoms with Gasteiger partial charge in [0.2, 0.25) is 0 Å². The number of hydrogen-bond donors (Lipinski definition) is 1. The quantitative estimate of drug-likeness (QED) is 0.399. The van der Waals surface area contributed by atoms with Crippen LogP contribution in [0.5, 0.6) is 11.5 Å². The molecule has 4 rings (SSSR count). The second-order valence-electron chi connectivity index (χ2n) is 7.65. The molecule has 0 unspecified atom stereocenters. The topological polar surface area (TPSA) is 77.1 Å². The first-order valence-corrected chi connectivity index (χ1v) is 12.3. The number of ether oxygens (including phenoxy) is 3. The molecule has 1 atom stereocenters. The Balaban J connectivity index is 1.40. The highest BCUT2D eigenvalue weighted by molar-refractivity contribution is 8.26. The number of thiocarbonyl (C=S) groups is 1. The van der Waals surface area contributed by atoms with E-state index in [1.807, 2.05) is 0 Å². The molecule has 7 nitrogen and oxygen atoms in total. The standard InChI is InChI=1S/C24H23ClN2O5S2/c1-30-20-11-15(12-21-23(29)27(24(33)34-21)13-16-5-4-10-31-16)8-9-19(20)32-14-22(28)26-18-7-3-2-6-17(18)25/h2-3,6-9,11-12,16H,4-5,10,13-14H2,1H3,(H,26,28)/b21-12-/t16-/m1/s1. The van der Waals surface area contributed by atoms with Crippen molar-refractivity contribution < 1.29 is 23.8 Å². The number of nitrogens with zero attached hydrogens (tertiary/aromatic N) is 1. The van der Waals surface area contributed by atoms with Crippen LogP contribution < -0.4 is 14.8 Å². The lowest BCUT2D eigenvalue weighted by Crippen LogP contribution is -2.35. The molecule has 2 aromatic rings. The van der Waals surface area contributed by atoms with Crippen molar-refractivity contribution in [3.05, 3.63) is 58.0 Å². The molecule has 34 heavy (non-hydrogen) atoms. The average Bonchev–Trinajstić information content (AvgIpc) is 3.44. The number of methoxy groups -OCH3 is 1. The number of nitrogens with one attached hydrogen (secondary N) is 1. The summed E-state index contributed by atoms with van der Waals surface area (Å²) in [5.74, 6) is 0.365. The van der Waals surface area contributed by atoms with Crippen LogP contribution in [-0.2, 0) is 14.3 Å². The normalized spacial score (nSPS) is 19.1. The van der Waals surface area contributed by atoms with Crippen LogP contribution in [0.4, 0.5) is 5.69 Å². The molecule has 2 heterocycles. The Labute approximate surface area is 212 Å². The third-order valence-electron chi connectivity index (χ3n) is 5.28. The van der Waals surface area contributed by atoms with E-state index < -0.39 is 0 Å². The first-order chi connectivity index (χ1) is 16.4. The lowest BCUT2D eigenvalue weighted by Gasteiger charge is -2.18. The molecule has 2 aliphatic heterocycles. The second kappa shape index (κ2) is 11.2. The molecule has 0 aliphatic carbocycles. The molecule has 10 heteroatoms. The van der Waals surface area contributed by atoms with E-state index >= 15 is 0 Å². The minimum absolute atomic E-state index is 0.0356. The van der Waals surface area contributed by atoms with Crippen LogP contribution in [0.1, 0.15) is 18.4 Å². The molecule has 178 valence electrons. The molecule has 0 radical (unpaired) electrons. The van der Waals surface area contributed by atoms with Gasteiger partial charge < -0.3 is 19.5 Å². The van der Waals surface area contributed by atoms with Crippen LogP contribution in [0, 0.1) is 0 Å². The Hall–Kier alpha value is -2.59. The Morgan fingerprint density at radius 2 is 2.15 bits per heavy atom. The van der Waals surface area contributed by atoms with Crippen molar-refractivity contribution >= 4 is 63.5 Å². The highest BCUT2D eigenvalue weighted by Gasteiger charge is 2.34. The zero-order valence-electron chi connectivity index (χ0n) is 18.4. The fraction of sp³-hybridized carbons (Fsp3) is 0.292. The Kier molecular flexibility index (Phi) is 8.10. The number of hydrogen-bond acceptors (Lipinski definition) is 7. The van der Waals surface area contributed by atoms with Gasteiger partial charge in [-0.05, 0) is 48.7 Å². The predicted molar refractivity (Wildman–Crippen MR) is 137 cm³/mol. The number of amides is 2. The largest absolute Gasteiger partial charge is 0.493 e. The number of thioether (sulfide) groups is 1. The summed E-state index contributed by atoms with van der Waals surface area (Å²) < 4.78 is 17.2. The van der Waals surface area contributed by atoms with Crippen LogP contribution in [0.25, 0.3) is 6.08 Å². The van der Waals surface area contributed by atoms with Gasteiger partial charge in [-0.1, -0.05) is 53.8 Å². The Morgan fingerprint density at radius 3 is 2.88 bits per heavy atom. The maximum Gasteiger partial charge on any atom is 0.266 e. The van der Waals surface area contributed by atoms with Gasteiger partial charge in [0, 0.05) is 6.61 Å². The molecule has 2 aromatic carbocycles. The van der Waals surface area contributed by atoms with Gasteiger partial charge in [-0.15, -0.1) is 0 Å². The number of benzene rings is 2. The summed E-state index contributed by atoms with van der Waals surface area (Å²) in [4.78, 5) is 27.3. The highest BCUT2D eigenvalue weighted by atomic mass is 35.5. The maximum absolute atomic E-state index is 12.9. The third-order valence-corrected chi connectivity index (χ3v) is 6.98. The van der Waals surface area contributed by atoms with E-state index in [0.29, 0.717) is 38.0 Å².